The number of rotatable bonds is 4. The van der Waals surface area contributed by atoms with E-state index in [0.717, 1.165) is 25.6 Å². The lowest BCUT2D eigenvalue weighted by atomic mass is 10.0. The summed E-state index contributed by atoms with van der Waals surface area (Å²) < 4.78 is 0. The van der Waals surface area contributed by atoms with Gasteiger partial charge in [0.1, 0.15) is 0 Å². The van der Waals surface area contributed by atoms with Crippen LogP contribution in [0.5, 0.6) is 0 Å². The second kappa shape index (κ2) is 7.28. The van der Waals surface area contributed by atoms with Crippen LogP contribution in [-0.4, -0.2) is 24.0 Å². The van der Waals surface area contributed by atoms with Gasteiger partial charge in [-0.25, -0.2) is 0 Å². The third-order valence-electron chi connectivity index (χ3n) is 3.82. The Kier molecular flexibility index (Phi) is 6.31. The number of halogens is 1. The van der Waals surface area contributed by atoms with Crippen molar-refractivity contribution in [3.8, 4) is 0 Å². The van der Waals surface area contributed by atoms with Gasteiger partial charge in [-0.3, -0.25) is 4.90 Å². The van der Waals surface area contributed by atoms with Gasteiger partial charge in [0.2, 0.25) is 0 Å². The zero-order chi connectivity index (χ0) is 13.1. The van der Waals surface area contributed by atoms with E-state index in [1.165, 1.54) is 17.5 Å². The highest BCUT2D eigenvalue weighted by Gasteiger charge is 2.26. The Hall–Kier alpha value is -0.570. The van der Waals surface area contributed by atoms with Crippen molar-refractivity contribution in [1.82, 2.24) is 4.90 Å². The zero-order valence-corrected chi connectivity index (χ0v) is 13.1. The van der Waals surface area contributed by atoms with Crippen LogP contribution in [-0.2, 0) is 13.0 Å². The lowest BCUT2D eigenvalue weighted by molar-refractivity contribution is 0.319. The molecule has 2 rings (SSSR count). The molecule has 2 nitrogen and oxygen atoms in total. The minimum absolute atomic E-state index is 0. The number of likely N-dealkylation sites (tertiary alicyclic amines) is 1. The molecule has 2 N–H and O–H groups in total. The zero-order valence-electron chi connectivity index (χ0n) is 12.3. The van der Waals surface area contributed by atoms with Gasteiger partial charge >= 0.3 is 0 Å². The molecule has 1 aliphatic rings. The summed E-state index contributed by atoms with van der Waals surface area (Å²) in [6.07, 6.45) is 1.17. The third kappa shape index (κ3) is 4.79. The maximum absolute atomic E-state index is 6.06. The van der Waals surface area contributed by atoms with Crippen molar-refractivity contribution in [2.45, 2.75) is 39.8 Å². The monoisotopic (exact) mass is 282 g/mol. The molecule has 0 aliphatic carbocycles. The first kappa shape index (κ1) is 16.5. The highest BCUT2D eigenvalue weighted by Crippen LogP contribution is 2.18. The lowest BCUT2D eigenvalue weighted by Gasteiger charge is -2.15. The van der Waals surface area contributed by atoms with E-state index in [1.807, 2.05) is 0 Å². The normalized spacial score (nSPS) is 23.6. The molecule has 19 heavy (non-hydrogen) atoms. The molecule has 0 radical (unpaired) electrons. The Morgan fingerprint density at radius 2 is 1.74 bits per heavy atom. The maximum Gasteiger partial charge on any atom is 0.0234 e. The van der Waals surface area contributed by atoms with Crippen molar-refractivity contribution in [3.05, 3.63) is 35.4 Å². The van der Waals surface area contributed by atoms with Crippen molar-refractivity contribution >= 4 is 12.4 Å². The molecule has 0 aromatic heterocycles. The fraction of sp³-hybridized carbons (Fsp3) is 0.625. The van der Waals surface area contributed by atoms with Crippen LogP contribution in [0.2, 0.25) is 0 Å². The van der Waals surface area contributed by atoms with Crippen LogP contribution in [0.15, 0.2) is 24.3 Å². The van der Waals surface area contributed by atoms with E-state index in [1.54, 1.807) is 0 Å². The van der Waals surface area contributed by atoms with Crippen molar-refractivity contribution < 1.29 is 0 Å². The number of nitrogens with two attached hydrogens (primary N) is 1. The van der Waals surface area contributed by atoms with Gasteiger partial charge in [-0.15, -0.1) is 12.4 Å². The van der Waals surface area contributed by atoms with Crippen molar-refractivity contribution in [1.29, 1.82) is 0 Å². The molecular formula is C16H27ClN2. The Balaban J connectivity index is 0.00000180. The Labute approximate surface area is 123 Å². The van der Waals surface area contributed by atoms with Crippen LogP contribution in [0.4, 0.5) is 0 Å². The predicted molar refractivity (Wildman–Crippen MR) is 84.6 cm³/mol. The van der Waals surface area contributed by atoms with Gasteiger partial charge in [0.05, 0.1) is 0 Å². The molecule has 1 fully saturated rings. The first-order valence-corrected chi connectivity index (χ1v) is 7.10. The number of benzene rings is 1. The van der Waals surface area contributed by atoms with Gasteiger partial charge in [-0.2, -0.15) is 0 Å². The third-order valence-corrected chi connectivity index (χ3v) is 3.82. The quantitative estimate of drug-likeness (QED) is 0.920. The van der Waals surface area contributed by atoms with Crippen LogP contribution < -0.4 is 5.73 Å². The summed E-state index contributed by atoms with van der Waals surface area (Å²) in [4.78, 5) is 2.47. The first-order chi connectivity index (χ1) is 8.54. The second-order valence-electron chi connectivity index (χ2n) is 6.25. The largest absolute Gasteiger partial charge is 0.326 e. The molecule has 1 heterocycles. The van der Waals surface area contributed by atoms with Crippen LogP contribution in [0.3, 0.4) is 0 Å². The number of nitrogens with zero attached hydrogens (tertiary/aromatic N) is 1. The number of hydrogen-bond acceptors (Lipinski definition) is 2. The fourth-order valence-electron chi connectivity index (χ4n) is 2.73. The van der Waals surface area contributed by atoms with Crippen LogP contribution >= 0.6 is 12.4 Å². The second-order valence-corrected chi connectivity index (χ2v) is 6.25. The molecule has 1 saturated heterocycles. The molecule has 0 spiro atoms. The minimum Gasteiger partial charge on any atom is -0.326 e. The average Bonchev–Trinajstić information content (AvgIpc) is 2.60. The SMILES string of the molecule is CC(C)Cc1ccc(CN2CC(C)C(N)C2)cc1.Cl. The summed E-state index contributed by atoms with van der Waals surface area (Å²) in [5.74, 6) is 1.36. The van der Waals surface area contributed by atoms with Crippen LogP contribution in [0, 0.1) is 11.8 Å². The predicted octanol–water partition coefficient (Wildman–Crippen LogP) is 3.09. The molecular weight excluding hydrogens is 256 g/mol. The fourth-order valence-corrected chi connectivity index (χ4v) is 2.73. The van der Waals surface area contributed by atoms with Crippen LogP contribution in [0.25, 0.3) is 0 Å². The van der Waals surface area contributed by atoms with Crippen molar-refractivity contribution in [2.24, 2.45) is 17.6 Å². The maximum atomic E-state index is 6.06. The van der Waals surface area contributed by atoms with E-state index in [2.05, 4.69) is 49.9 Å². The molecule has 1 aliphatic heterocycles. The highest BCUT2D eigenvalue weighted by molar-refractivity contribution is 5.85. The summed E-state index contributed by atoms with van der Waals surface area (Å²) in [5.41, 5.74) is 8.91. The molecule has 0 saturated carbocycles. The summed E-state index contributed by atoms with van der Waals surface area (Å²) >= 11 is 0. The van der Waals surface area contributed by atoms with E-state index in [4.69, 9.17) is 5.73 Å². The molecule has 3 heteroatoms. The topological polar surface area (TPSA) is 29.3 Å². The summed E-state index contributed by atoms with van der Waals surface area (Å²) in [6.45, 7) is 9.99. The summed E-state index contributed by atoms with van der Waals surface area (Å²) in [5, 5.41) is 0. The van der Waals surface area contributed by atoms with Gasteiger partial charge in [-0.1, -0.05) is 45.0 Å². The van der Waals surface area contributed by atoms with E-state index >= 15 is 0 Å². The van der Waals surface area contributed by atoms with E-state index in [-0.39, 0.29) is 12.4 Å². The Bertz CT molecular complexity index is 365. The van der Waals surface area contributed by atoms with Crippen LogP contribution in [0.1, 0.15) is 31.9 Å². The van der Waals surface area contributed by atoms with Gasteiger partial charge in [0.15, 0.2) is 0 Å². The number of hydrogen-bond donors (Lipinski definition) is 1. The van der Waals surface area contributed by atoms with E-state index < -0.39 is 0 Å². The molecule has 0 amide bonds. The molecule has 2 atom stereocenters. The molecule has 1 aromatic carbocycles. The lowest BCUT2D eigenvalue weighted by Crippen LogP contribution is -2.28. The Morgan fingerprint density at radius 1 is 1.16 bits per heavy atom. The highest BCUT2D eigenvalue weighted by atomic mass is 35.5. The molecule has 1 aromatic rings. The van der Waals surface area contributed by atoms with Gasteiger partial charge in [0.25, 0.3) is 0 Å². The minimum atomic E-state index is 0. The molecule has 0 bridgehead atoms. The van der Waals surface area contributed by atoms with Crippen molar-refractivity contribution in [3.63, 3.8) is 0 Å². The van der Waals surface area contributed by atoms with Gasteiger partial charge in [0, 0.05) is 25.7 Å². The van der Waals surface area contributed by atoms with Gasteiger partial charge < -0.3 is 5.73 Å². The molecule has 108 valence electrons. The molecule has 2 unspecified atom stereocenters. The van der Waals surface area contributed by atoms with Gasteiger partial charge in [-0.05, 0) is 29.4 Å². The smallest absolute Gasteiger partial charge is 0.0234 e. The Morgan fingerprint density at radius 3 is 2.21 bits per heavy atom. The summed E-state index contributed by atoms with van der Waals surface area (Å²) in [7, 11) is 0. The first-order valence-electron chi connectivity index (χ1n) is 7.10. The van der Waals surface area contributed by atoms with E-state index in [0.29, 0.717) is 12.0 Å². The summed E-state index contributed by atoms with van der Waals surface area (Å²) in [6, 6.07) is 9.44. The average molecular weight is 283 g/mol. The standard InChI is InChI=1S/C16H26N2.ClH/c1-12(2)8-14-4-6-15(7-5-14)10-18-9-13(3)16(17)11-18;/h4-7,12-13,16H,8-11,17H2,1-3H3;1H. The van der Waals surface area contributed by atoms with Crippen molar-refractivity contribution in [2.75, 3.05) is 13.1 Å². The van der Waals surface area contributed by atoms with E-state index in [9.17, 15) is 0 Å².